The molecule has 1 heterocycles. The molecule has 1 atom stereocenters. The molecule has 5 nitrogen and oxygen atoms in total. The minimum absolute atomic E-state index is 0.276. The molecule has 1 amide bonds. The lowest BCUT2D eigenvalue weighted by Crippen LogP contribution is -2.34. The third-order valence-corrected chi connectivity index (χ3v) is 4.25. The first-order valence-corrected chi connectivity index (χ1v) is 7.61. The van der Waals surface area contributed by atoms with Gasteiger partial charge in [-0.1, -0.05) is 18.2 Å². The van der Waals surface area contributed by atoms with Crippen molar-refractivity contribution in [2.75, 3.05) is 0 Å². The van der Waals surface area contributed by atoms with Gasteiger partial charge in [0.25, 0.3) is 5.91 Å². The molecule has 2 aromatic rings. The molecule has 24 heavy (non-hydrogen) atoms. The van der Waals surface area contributed by atoms with E-state index < -0.39 is 34.8 Å². The maximum atomic E-state index is 12.5. The Kier molecular flexibility index (Phi) is 4.93. The molecule has 0 bridgehead atoms. The zero-order chi connectivity index (χ0) is 18.1. The molecule has 2 N–H and O–H groups in total. The van der Waals surface area contributed by atoms with Crippen LogP contribution in [0.4, 0.5) is 13.2 Å². The highest BCUT2D eigenvalue weighted by atomic mass is 32.1. The van der Waals surface area contributed by atoms with Gasteiger partial charge in [-0.05, 0) is 30.5 Å². The molecule has 0 radical (unpaired) electrons. The number of rotatable bonds is 4. The number of hydrogen-bond donors (Lipinski definition) is 2. The van der Waals surface area contributed by atoms with Crippen molar-refractivity contribution < 1.29 is 27.9 Å². The lowest BCUT2D eigenvalue weighted by Gasteiger charge is -2.15. The topological polar surface area (TPSA) is 79.3 Å². The molecule has 9 heteroatoms. The summed E-state index contributed by atoms with van der Waals surface area (Å²) in [6.07, 6.45) is -4.65. The van der Waals surface area contributed by atoms with Crippen LogP contribution < -0.4 is 5.32 Å². The molecule has 1 unspecified atom stereocenters. The Morgan fingerprint density at radius 1 is 1.25 bits per heavy atom. The Labute approximate surface area is 139 Å². The SMILES string of the molecule is Cc1ccc(C(NC(=O)c2csc(C(F)(F)F)n2)C(=O)O)cc1C. The second-order valence-corrected chi connectivity index (χ2v) is 5.98. The molecule has 0 aliphatic heterocycles. The highest BCUT2D eigenvalue weighted by molar-refractivity contribution is 7.09. The summed E-state index contributed by atoms with van der Waals surface area (Å²) in [7, 11) is 0. The summed E-state index contributed by atoms with van der Waals surface area (Å²) in [4.78, 5) is 26.7. The van der Waals surface area contributed by atoms with E-state index in [-0.39, 0.29) is 11.3 Å². The van der Waals surface area contributed by atoms with Crippen LogP contribution in [0.5, 0.6) is 0 Å². The smallest absolute Gasteiger partial charge is 0.443 e. The average Bonchev–Trinajstić information content (AvgIpc) is 2.97. The van der Waals surface area contributed by atoms with E-state index in [0.717, 1.165) is 16.5 Å². The Morgan fingerprint density at radius 3 is 2.42 bits per heavy atom. The van der Waals surface area contributed by atoms with Crippen molar-refractivity contribution in [1.29, 1.82) is 0 Å². The van der Waals surface area contributed by atoms with Gasteiger partial charge in [0.1, 0.15) is 5.69 Å². The lowest BCUT2D eigenvalue weighted by molar-refractivity contribution is -0.139. The zero-order valence-corrected chi connectivity index (χ0v) is 13.5. The Bertz CT molecular complexity index is 787. The Hall–Kier alpha value is -2.42. The van der Waals surface area contributed by atoms with Crippen molar-refractivity contribution in [3.8, 4) is 0 Å². The summed E-state index contributed by atoms with van der Waals surface area (Å²) in [6, 6.07) is 3.48. The summed E-state index contributed by atoms with van der Waals surface area (Å²) >= 11 is 0.276. The average molecular weight is 358 g/mol. The maximum absolute atomic E-state index is 12.5. The van der Waals surface area contributed by atoms with Crippen LogP contribution in [0.1, 0.15) is 38.2 Å². The fraction of sp³-hybridized carbons (Fsp3) is 0.267. The van der Waals surface area contributed by atoms with Gasteiger partial charge in [0.05, 0.1) is 0 Å². The molecule has 0 saturated carbocycles. The first kappa shape index (κ1) is 17.9. The van der Waals surface area contributed by atoms with Crippen LogP contribution >= 0.6 is 11.3 Å². The van der Waals surface area contributed by atoms with Crippen molar-refractivity contribution >= 4 is 23.2 Å². The van der Waals surface area contributed by atoms with Crippen molar-refractivity contribution in [3.63, 3.8) is 0 Å². The van der Waals surface area contributed by atoms with E-state index in [1.54, 1.807) is 25.1 Å². The van der Waals surface area contributed by atoms with Gasteiger partial charge in [0.15, 0.2) is 11.0 Å². The molecule has 0 aliphatic carbocycles. The second kappa shape index (κ2) is 6.60. The number of aryl methyl sites for hydroxylation is 2. The van der Waals surface area contributed by atoms with Crippen LogP contribution in [-0.4, -0.2) is 22.0 Å². The van der Waals surface area contributed by atoms with Crippen LogP contribution in [0, 0.1) is 13.8 Å². The van der Waals surface area contributed by atoms with E-state index >= 15 is 0 Å². The fourth-order valence-corrected chi connectivity index (χ4v) is 2.61. The minimum atomic E-state index is -4.65. The number of thiazole rings is 1. The van der Waals surface area contributed by atoms with Gasteiger partial charge in [0.2, 0.25) is 0 Å². The standard InChI is InChI=1S/C15H13F3N2O3S/c1-7-3-4-9(5-8(7)2)11(13(22)23)20-12(21)10-6-24-14(19-10)15(16,17)18/h3-6,11H,1-2H3,(H,20,21)(H,22,23). The predicted octanol–water partition coefficient (Wildman–Crippen LogP) is 3.33. The zero-order valence-electron chi connectivity index (χ0n) is 12.6. The molecule has 1 aromatic carbocycles. The molecule has 0 fully saturated rings. The molecule has 0 aliphatic rings. The molecule has 1 aromatic heterocycles. The van der Waals surface area contributed by atoms with E-state index in [1.165, 1.54) is 0 Å². The number of alkyl halides is 3. The van der Waals surface area contributed by atoms with Crippen LogP contribution in [0.3, 0.4) is 0 Å². The van der Waals surface area contributed by atoms with Crippen molar-refractivity contribution in [2.24, 2.45) is 0 Å². The van der Waals surface area contributed by atoms with Gasteiger partial charge < -0.3 is 10.4 Å². The monoisotopic (exact) mass is 358 g/mol. The number of amides is 1. The summed E-state index contributed by atoms with van der Waals surface area (Å²) < 4.78 is 37.6. The number of carboxylic acids is 1. The van der Waals surface area contributed by atoms with Crippen molar-refractivity contribution in [1.82, 2.24) is 10.3 Å². The molecule has 0 spiro atoms. The summed E-state index contributed by atoms with van der Waals surface area (Å²) in [5.74, 6) is -2.30. The third-order valence-electron chi connectivity index (χ3n) is 3.37. The van der Waals surface area contributed by atoms with Gasteiger partial charge in [-0.25, -0.2) is 9.78 Å². The van der Waals surface area contributed by atoms with Gasteiger partial charge >= 0.3 is 12.1 Å². The number of aliphatic carboxylic acids is 1. The first-order valence-electron chi connectivity index (χ1n) is 6.73. The first-order chi connectivity index (χ1) is 11.1. The predicted molar refractivity (Wildman–Crippen MR) is 80.9 cm³/mol. The number of halogens is 3. The number of aromatic nitrogens is 1. The normalized spacial score (nSPS) is 12.7. The van der Waals surface area contributed by atoms with Gasteiger partial charge in [-0.3, -0.25) is 4.79 Å². The number of carbonyl (C=O) groups is 2. The van der Waals surface area contributed by atoms with Gasteiger partial charge in [0, 0.05) is 5.38 Å². The summed E-state index contributed by atoms with van der Waals surface area (Å²) in [5.41, 5.74) is 1.64. The van der Waals surface area contributed by atoms with Crippen molar-refractivity contribution in [3.05, 3.63) is 51.0 Å². The van der Waals surface area contributed by atoms with Gasteiger partial charge in [-0.2, -0.15) is 13.2 Å². The van der Waals surface area contributed by atoms with E-state index in [4.69, 9.17) is 0 Å². The largest absolute Gasteiger partial charge is 0.479 e. The lowest BCUT2D eigenvalue weighted by atomic mass is 10.0. The summed E-state index contributed by atoms with van der Waals surface area (Å²) in [6.45, 7) is 3.64. The van der Waals surface area contributed by atoms with Crippen molar-refractivity contribution in [2.45, 2.75) is 26.1 Å². The number of carboxylic acid groups (broad SMARTS) is 1. The molecule has 0 saturated heterocycles. The third kappa shape index (κ3) is 3.91. The maximum Gasteiger partial charge on any atom is 0.443 e. The Morgan fingerprint density at radius 2 is 1.92 bits per heavy atom. The van der Waals surface area contributed by atoms with Crippen LogP contribution in [0.2, 0.25) is 0 Å². The van der Waals surface area contributed by atoms with Crippen LogP contribution in [0.25, 0.3) is 0 Å². The highest BCUT2D eigenvalue weighted by Crippen LogP contribution is 2.31. The van der Waals surface area contributed by atoms with Crippen LogP contribution in [0.15, 0.2) is 23.6 Å². The minimum Gasteiger partial charge on any atom is -0.479 e. The second-order valence-electron chi connectivity index (χ2n) is 5.12. The van der Waals surface area contributed by atoms with E-state index in [0.29, 0.717) is 5.56 Å². The van der Waals surface area contributed by atoms with Gasteiger partial charge in [-0.15, -0.1) is 11.3 Å². The quantitative estimate of drug-likeness (QED) is 0.879. The number of nitrogens with zero attached hydrogens (tertiary/aromatic N) is 1. The van der Waals surface area contributed by atoms with E-state index in [9.17, 15) is 27.9 Å². The number of nitrogens with one attached hydrogen (secondary N) is 1. The fourth-order valence-electron chi connectivity index (χ4n) is 1.95. The number of hydrogen-bond acceptors (Lipinski definition) is 4. The highest BCUT2D eigenvalue weighted by Gasteiger charge is 2.35. The molecular weight excluding hydrogens is 345 g/mol. The summed E-state index contributed by atoms with van der Waals surface area (Å²) in [5, 5.41) is 11.3. The molecule has 2 rings (SSSR count). The number of benzene rings is 1. The van der Waals surface area contributed by atoms with E-state index in [1.807, 2.05) is 6.92 Å². The Balaban J connectivity index is 2.24. The molecular formula is C15H13F3N2O3S. The van der Waals surface area contributed by atoms with Crippen LogP contribution in [-0.2, 0) is 11.0 Å². The molecule has 128 valence electrons. The number of carbonyl (C=O) groups excluding carboxylic acids is 1. The van der Waals surface area contributed by atoms with E-state index in [2.05, 4.69) is 10.3 Å².